The molecule has 0 radical (unpaired) electrons. The molecule has 1 N–H and O–H groups in total. The van der Waals surface area contributed by atoms with Crippen LogP contribution in [0.5, 0.6) is 5.75 Å². The van der Waals surface area contributed by atoms with E-state index in [0.29, 0.717) is 18.7 Å². The summed E-state index contributed by atoms with van der Waals surface area (Å²) in [5.41, 5.74) is 3.50. The van der Waals surface area contributed by atoms with Crippen LogP contribution in [-0.2, 0) is 21.2 Å². The summed E-state index contributed by atoms with van der Waals surface area (Å²) in [6.07, 6.45) is 1.70. The van der Waals surface area contributed by atoms with Gasteiger partial charge in [0.25, 0.3) is 0 Å². The molecule has 0 atom stereocenters. The summed E-state index contributed by atoms with van der Waals surface area (Å²) >= 11 is 0. The molecule has 0 aliphatic rings. The number of nitrogens with one attached hydrogen (secondary N) is 1. The standard InChI is InChI=1S/C20H26N2O4S/c1-15-9-10-18(13-16(15)2)22(27(4,24)25)14-20(23)21-12-11-17-7-5-6-8-19(17)26-3/h5-10,13H,11-12,14H2,1-4H3,(H,21,23). The van der Waals surface area contributed by atoms with Crippen LogP contribution in [0.15, 0.2) is 42.5 Å². The number of carbonyl (C=O) groups excluding carboxylic acids is 1. The fraction of sp³-hybridized carbons (Fsp3) is 0.350. The number of hydrogen-bond acceptors (Lipinski definition) is 4. The molecule has 2 aromatic rings. The number of carbonyl (C=O) groups is 1. The SMILES string of the molecule is COc1ccccc1CCNC(=O)CN(c1ccc(C)c(C)c1)S(C)(=O)=O. The number of rotatable bonds is 8. The van der Waals surface area contributed by atoms with Gasteiger partial charge in [0, 0.05) is 6.54 Å². The summed E-state index contributed by atoms with van der Waals surface area (Å²) in [6, 6.07) is 12.9. The summed E-state index contributed by atoms with van der Waals surface area (Å²) in [4.78, 5) is 12.3. The van der Waals surface area contributed by atoms with Gasteiger partial charge < -0.3 is 10.1 Å². The van der Waals surface area contributed by atoms with Crippen molar-refractivity contribution in [3.63, 3.8) is 0 Å². The molecule has 0 saturated carbocycles. The number of anilines is 1. The molecule has 146 valence electrons. The summed E-state index contributed by atoms with van der Waals surface area (Å²) in [6.45, 7) is 4.00. The minimum atomic E-state index is -3.58. The zero-order chi connectivity index (χ0) is 20.0. The molecule has 0 aliphatic heterocycles. The molecule has 27 heavy (non-hydrogen) atoms. The molecule has 7 heteroatoms. The Bertz CT molecular complexity index is 910. The smallest absolute Gasteiger partial charge is 0.240 e. The van der Waals surface area contributed by atoms with Crippen molar-refractivity contribution in [3.05, 3.63) is 59.2 Å². The van der Waals surface area contributed by atoms with E-state index in [1.807, 2.05) is 44.2 Å². The third-order valence-electron chi connectivity index (χ3n) is 4.38. The molecule has 0 fully saturated rings. The molecule has 6 nitrogen and oxygen atoms in total. The highest BCUT2D eigenvalue weighted by Crippen LogP contribution is 2.21. The average Bonchev–Trinajstić information content (AvgIpc) is 2.61. The number of benzene rings is 2. The maximum absolute atomic E-state index is 12.3. The second-order valence-electron chi connectivity index (χ2n) is 6.45. The van der Waals surface area contributed by atoms with Gasteiger partial charge in [0.2, 0.25) is 15.9 Å². The molecule has 0 saturated heterocycles. The van der Waals surface area contributed by atoms with Gasteiger partial charge in [-0.15, -0.1) is 0 Å². The molecule has 0 spiro atoms. The van der Waals surface area contributed by atoms with E-state index >= 15 is 0 Å². The first-order valence-corrected chi connectivity index (χ1v) is 10.5. The number of sulfonamides is 1. The minimum Gasteiger partial charge on any atom is -0.496 e. The van der Waals surface area contributed by atoms with Gasteiger partial charge >= 0.3 is 0 Å². The second kappa shape index (κ2) is 8.90. The fourth-order valence-corrected chi connectivity index (χ4v) is 3.56. The van der Waals surface area contributed by atoms with Crippen LogP contribution in [0, 0.1) is 13.8 Å². The molecule has 0 aromatic heterocycles. The minimum absolute atomic E-state index is 0.257. The van der Waals surface area contributed by atoms with E-state index in [2.05, 4.69) is 5.32 Å². The van der Waals surface area contributed by atoms with Crippen molar-refractivity contribution in [2.75, 3.05) is 30.8 Å². The maximum atomic E-state index is 12.3. The number of amides is 1. The van der Waals surface area contributed by atoms with Gasteiger partial charge in [0.05, 0.1) is 19.1 Å². The van der Waals surface area contributed by atoms with Crippen LogP contribution in [0.4, 0.5) is 5.69 Å². The lowest BCUT2D eigenvalue weighted by molar-refractivity contribution is -0.119. The molecular formula is C20H26N2O4S. The Morgan fingerprint density at radius 1 is 1.11 bits per heavy atom. The predicted octanol–water partition coefficient (Wildman–Crippen LogP) is 2.44. The third kappa shape index (κ3) is 5.72. The van der Waals surface area contributed by atoms with Gasteiger partial charge in [0.1, 0.15) is 12.3 Å². The van der Waals surface area contributed by atoms with Crippen LogP contribution in [-0.4, -0.2) is 40.8 Å². The van der Waals surface area contributed by atoms with Gasteiger partial charge in [-0.25, -0.2) is 8.42 Å². The molecule has 2 rings (SSSR count). The van der Waals surface area contributed by atoms with Crippen molar-refractivity contribution in [1.82, 2.24) is 5.32 Å². The summed E-state index contributed by atoms with van der Waals surface area (Å²) in [7, 11) is -1.98. The normalized spacial score (nSPS) is 11.1. The topological polar surface area (TPSA) is 75.7 Å². The summed E-state index contributed by atoms with van der Waals surface area (Å²) in [5, 5.41) is 2.78. The highest BCUT2D eigenvalue weighted by molar-refractivity contribution is 7.92. The molecule has 2 aromatic carbocycles. The summed E-state index contributed by atoms with van der Waals surface area (Å²) in [5.74, 6) is 0.410. The Balaban J connectivity index is 2.03. The van der Waals surface area contributed by atoms with Crippen molar-refractivity contribution in [2.24, 2.45) is 0 Å². The number of para-hydroxylation sites is 1. The second-order valence-corrected chi connectivity index (χ2v) is 8.36. The van der Waals surface area contributed by atoms with Crippen molar-refractivity contribution >= 4 is 21.6 Å². The number of hydrogen-bond donors (Lipinski definition) is 1. The Morgan fingerprint density at radius 2 is 1.81 bits per heavy atom. The lowest BCUT2D eigenvalue weighted by Gasteiger charge is -2.22. The Morgan fingerprint density at radius 3 is 2.44 bits per heavy atom. The third-order valence-corrected chi connectivity index (χ3v) is 5.52. The molecule has 1 amide bonds. The number of aryl methyl sites for hydroxylation is 2. The van der Waals surface area contributed by atoms with Gasteiger partial charge in [-0.3, -0.25) is 9.10 Å². The number of nitrogens with zero attached hydrogens (tertiary/aromatic N) is 1. The maximum Gasteiger partial charge on any atom is 0.240 e. The van der Waals surface area contributed by atoms with Crippen LogP contribution >= 0.6 is 0 Å². The van der Waals surface area contributed by atoms with E-state index in [9.17, 15) is 13.2 Å². The van der Waals surface area contributed by atoms with Gasteiger partial charge in [-0.1, -0.05) is 24.3 Å². The molecule has 0 aliphatic carbocycles. The van der Waals surface area contributed by atoms with Crippen LogP contribution in [0.3, 0.4) is 0 Å². The Kier molecular flexibility index (Phi) is 6.85. The number of ether oxygens (including phenoxy) is 1. The van der Waals surface area contributed by atoms with E-state index in [1.165, 1.54) is 0 Å². The van der Waals surface area contributed by atoms with E-state index in [0.717, 1.165) is 33.0 Å². The van der Waals surface area contributed by atoms with E-state index in [4.69, 9.17) is 4.74 Å². The van der Waals surface area contributed by atoms with Gasteiger partial charge in [-0.05, 0) is 55.2 Å². The Hall–Kier alpha value is -2.54. The predicted molar refractivity (Wildman–Crippen MR) is 108 cm³/mol. The van der Waals surface area contributed by atoms with E-state index < -0.39 is 10.0 Å². The van der Waals surface area contributed by atoms with Crippen LogP contribution < -0.4 is 14.4 Å². The van der Waals surface area contributed by atoms with Crippen molar-refractivity contribution in [1.29, 1.82) is 0 Å². The Labute approximate surface area is 161 Å². The molecular weight excluding hydrogens is 364 g/mol. The monoisotopic (exact) mass is 390 g/mol. The fourth-order valence-electron chi connectivity index (χ4n) is 2.71. The van der Waals surface area contributed by atoms with Crippen molar-refractivity contribution in [3.8, 4) is 5.75 Å². The number of methoxy groups -OCH3 is 1. The highest BCUT2D eigenvalue weighted by atomic mass is 32.2. The molecule has 0 heterocycles. The quantitative estimate of drug-likeness (QED) is 0.751. The lowest BCUT2D eigenvalue weighted by Crippen LogP contribution is -2.41. The average molecular weight is 391 g/mol. The first-order chi connectivity index (χ1) is 12.7. The van der Waals surface area contributed by atoms with Crippen LogP contribution in [0.25, 0.3) is 0 Å². The van der Waals surface area contributed by atoms with Crippen molar-refractivity contribution < 1.29 is 17.9 Å². The van der Waals surface area contributed by atoms with E-state index in [1.54, 1.807) is 19.2 Å². The zero-order valence-electron chi connectivity index (χ0n) is 16.2. The first-order valence-electron chi connectivity index (χ1n) is 8.66. The molecule has 0 unspecified atom stereocenters. The van der Waals surface area contributed by atoms with Crippen LogP contribution in [0.2, 0.25) is 0 Å². The largest absolute Gasteiger partial charge is 0.496 e. The zero-order valence-corrected chi connectivity index (χ0v) is 17.0. The first kappa shape index (κ1) is 20.8. The van der Waals surface area contributed by atoms with Gasteiger partial charge in [0.15, 0.2) is 0 Å². The van der Waals surface area contributed by atoms with Gasteiger partial charge in [-0.2, -0.15) is 0 Å². The highest BCUT2D eigenvalue weighted by Gasteiger charge is 2.21. The van der Waals surface area contributed by atoms with Crippen molar-refractivity contribution in [2.45, 2.75) is 20.3 Å². The summed E-state index contributed by atoms with van der Waals surface area (Å²) < 4.78 is 30.8. The lowest BCUT2D eigenvalue weighted by atomic mass is 10.1. The van der Waals surface area contributed by atoms with Crippen LogP contribution in [0.1, 0.15) is 16.7 Å². The molecule has 0 bridgehead atoms. The van der Waals surface area contributed by atoms with E-state index in [-0.39, 0.29) is 12.5 Å².